The number of hydrogen-bond acceptors (Lipinski definition) is 4. The number of carbonyl (C=O) groups excluding carboxylic acids is 2. The van der Waals surface area contributed by atoms with Gasteiger partial charge in [-0.1, -0.05) is 30.3 Å². The quantitative estimate of drug-likeness (QED) is 0.723. The normalized spacial score (nSPS) is 27.5. The van der Waals surface area contributed by atoms with Crippen LogP contribution in [0.15, 0.2) is 48.7 Å². The molecule has 5 rings (SSSR count). The first-order chi connectivity index (χ1) is 13.5. The minimum Gasteiger partial charge on any atom is -0.353 e. The number of benzene rings is 2. The van der Waals surface area contributed by atoms with Gasteiger partial charge in [-0.2, -0.15) is 5.26 Å². The Morgan fingerprint density at radius 2 is 1.64 bits per heavy atom. The van der Waals surface area contributed by atoms with Gasteiger partial charge in [-0.25, -0.2) is 4.90 Å². The van der Waals surface area contributed by atoms with E-state index in [0.29, 0.717) is 5.69 Å². The average Bonchev–Trinajstić information content (AvgIpc) is 3.13. The number of amides is 2. The van der Waals surface area contributed by atoms with Gasteiger partial charge in [0.25, 0.3) is 0 Å². The molecule has 2 saturated heterocycles. The Balaban J connectivity index is 1.65. The zero-order chi connectivity index (χ0) is 19.6. The first kappa shape index (κ1) is 16.8. The topological polar surface area (TPSA) is 64.4 Å². The Morgan fingerprint density at radius 3 is 2.36 bits per heavy atom. The number of aryl methyl sites for hydroxylation is 2. The summed E-state index contributed by atoms with van der Waals surface area (Å²) < 4.78 is 0. The summed E-state index contributed by atoms with van der Waals surface area (Å²) in [6.07, 6.45) is 3.81. The van der Waals surface area contributed by atoms with Crippen LogP contribution in [0, 0.1) is 37.0 Å². The van der Waals surface area contributed by atoms with E-state index in [1.165, 1.54) is 4.90 Å². The summed E-state index contributed by atoms with van der Waals surface area (Å²) in [5.41, 5.74) is 4.63. The molecule has 3 aliphatic rings. The molecule has 0 saturated carbocycles. The summed E-state index contributed by atoms with van der Waals surface area (Å²) >= 11 is 0. The van der Waals surface area contributed by atoms with Crippen LogP contribution in [0.1, 0.15) is 28.3 Å². The van der Waals surface area contributed by atoms with Crippen molar-refractivity contribution in [3.05, 3.63) is 70.9 Å². The number of nitrogens with zero attached hydrogens (tertiary/aromatic N) is 3. The molecule has 5 nitrogen and oxygen atoms in total. The molecular weight excluding hydrogens is 350 g/mol. The number of imide groups is 1. The largest absolute Gasteiger partial charge is 0.353 e. The third kappa shape index (κ3) is 2.12. The Labute approximate surface area is 163 Å². The molecule has 0 bridgehead atoms. The Bertz CT molecular complexity index is 1080. The van der Waals surface area contributed by atoms with Crippen molar-refractivity contribution in [1.82, 2.24) is 4.90 Å². The van der Waals surface area contributed by atoms with Crippen LogP contribution in [0.25, 0.3) is 6.08 Å². The molecule has 2 fully saturated rings. The standard InChI is InChI=1S/C23H19N3O2/c1-13-9-14(2)11-16(10-13)26-22(27)19-18(12-24)25-8-7-15-5-3-4-6-17(15)21(25)20(19)23(26)28/h3-11,18-21H,1-2H3/t18-,19+,20+,21?/m1/s1. The fourth-order valence-electron chi connectivity index (χ4n) is 5.04. The lowest BCUT2D eigenvalue weighted by molar-refractivity contribution is -0.123. The van der Waals surface area contributed by atoms with Crippen LogP contribution >= 0.6 is 0 Å². The zero-order valence-corrected chi connectivity index (χ0v) is 15.7. The van der Waals surface area contributed by atoms with E-state index in [9.17, 15) is 14.9 Å². The molecule has 0 aliphatic carbocycles. The zero-order valence-electron chi connectivity index (χ0n) is 15.7. The van der Waals surface area contributed by atoms with Gasteiger partial charge in [-0.3, -0.25) is 9.59 Å². The van der Waals surface area contributed by atoms with Crippen molar-refractivity contribution >= 4 is 23.6 Å². The number of carbonyl (C=O) groups is 2. The monoisotopic (exact) mass is 369 g/mol. The van der Waals surface area contributed by atoms with Crippen molar-refractivity contribution in [2.24, 2.45) is 11.8 Å². The van der Waals surface area contributed by atoms with Crippen molar-refractivity contribution in [2.75, 3.05) is 4.90 Å². The van der Waals surface area contributed by atoms with Crippen molar-refractivity contribution in [3.63, 3.8) is 0 Å². The fraction of sp³-hybridized carbons (Fsp3) is 0.261. The maximum absolute atomic E-state index is 13.5. The summed E-state index contributed by atoms with van der Waals surface area (Å²) in [4.78, 5) is 30.0. The molecule has 4 atom stereocenters. The van der Waals surface area contributed by atoms with Crippen molar-refractivity contribution in [1.29, 1.82) is 5.26 Å². The molecule has 3 heterocycles. The van der Waals surface area contributed by atoms with E-state index in [2.05, 4.69) is 6.07 Å². The lowest BCUT2D eigenvalue weighted by atomic mass is 9.85. The summed E-state index contributed by atoms with van der Waals surface area (Å²) in [7, 11) is 0. The molecular formula is C23H19N3O2. The number of hydrogen-bond donors (Lipinski definition) is 0. The predicted molar refractivity (Wildman–Crippen MR) is 105 cm³/mol. The van der Waals surface area contributed by atoms with E-state index in [4.69, 9.17) is 0 Å². The molecule has 28 heavy (non-hydrogen) atoms. The van der Waals surface area contributed by atoms with Gasteiger partial charge in [0.05, 0.1) is 29.6 Å². The number of nitriles is 1. The fourth-order valence-corrected chi connectivity index (χ4v) is 5.04. The molecule has 138 valence electrons. The van der Waals surface area contributed by atoms with E-state index in [-0.39, 0.29) is 17.9 Å². The second-order valence-corrected chi connectivity index (χ2v) is 7.82. The highest BCUT2D eigenvalue weighted by atomic mass is 16.2. The van der Waals surface area contributed by atoms with Crippen LogP contribution in [-0.4, -0.2) is 22.8 Å². The third-order valence-electron chi connectivity index (χ3n) is 6.06. The molecule has 0 spiro atoms. The van der Waals surface area contributed by atoms with Crippen molar-refractivity contribution in [3.8, 4) is 6.07 Å². The molecule has 5 heteroatoms. The maximum Gasteiger partial charge on any atom is 0.240 e. The van der Waals surface area contributed by atoms with Crippen LogP contribution in [0.3, 0.4) is 0 Å². The Hall–Kier alpha value is -3.39. The van der Waals surface area contributed by atoms with Crippen molar-refractivity contribution < 1.29 is 9.59 Å². The van der Waals surface area contributed by atoms with Crippen LogP contribution in [0.4, 0.5) is 5.69 Å². The van der Waals surface area contributed by atoms with E-state index >= 15 is 0 Å². The van der Waals surface area contributed by atoms with Crippen molar-refractivity contribution in [2.45, 2.75) is 25.9 Å². The van der Waals surface area contributed by atoms with Gasteiger partial charge in [0.1, 0.15) is 6.04 Å². The minimum atomic E-state index is -0.654. The van der Waals surface area contributed by atoms with E-state index in [0.717, 1.165) is 22.3 Å². The van der Waals surface area contributed by atoms with Gasteiger partial charge in [-0.15, -0.1) is 0 Å². The number of rotatable bonds is 1. The van der Waals surface area contributed by atoms with Crippen LogP contribution in [0.5, 0.6) is 0 Å². The minimum absolute atomic E-state index is 0.210. The summed E-state index contributed by atoms with van der Waals surface area (Å²) in [6.45, 7) is 3.90. The lowest BCUT2D eigenvalue weighted by Crippen LogP contribution is -2.40. The van der Waals surface area contributed by atoms with Crippen LogP contribution < -0.4 is 4.90 Å². The second kappa shape index (κ2) is 5.80. The molecule has 3 aliphatic heterocycles. The Morgan fingerprint density at radius 1 is 0.964 bits per heavy atom. The van der Waals surface area contributed by atoms with Gasteiger partial charge >= 0.3 is 0 Å². The SMILES string of the molecule is Cc1cc(C)cc(N2C(=O)[C@@H]3[C@H](C2=O)C2c4ccccc4C=CN2[C@@H]3C#N)c1. The molecule has 2 aromatic carbocycles. The molecule has 0 aromatic heterocycles. The smallest absolute Gasteiger partial charge is 0.240 e. The number of fused-ring (bicyclic) bond motifs is 5. The summed E-state index contributed by atoms with van der Waals surface area (Å²) in [6, 6.07) is 15.0. The predicted octanol–water partition coefficient (Wildman–Crippen LogP) is 3.34. The van der Waals surface area contributed by atoms with Crippen LogP contribution in [0.2, 0.25) is 0 Å². The van der Waals surface area contributed by atoms with E-state index in [1.807, 2.05) is 73.5 Å². The highest BCUT2D eigenvalue weighted by molar-refractivity contribution is 6.23. The highest BCUT2D eigenvalue weighted by Crippen LogP contribution is 2.52. The lowest BCUT2D eigenvalue weighted by Gasteiger charge is -2.33. The maximum atomic E-state index is 13.5. The van der Waals surface area contributed by atoms with Crippen LogP contribution in [-0.2, 0) is 9.59 Å². The number of anilines is 1. The first-order valence-corrected chi connectivity index (χ1v) is 9.41. The molecule has 2 amide bonds. The van der Waals surface area contributed by atoms with Gasteiger partial charge < -0.3 is 4.90 Å². The molecule has 0 N–H and O–H groups in total. The molecule has 1 unspecified atom stereocenters. The Kier molecular flexibility index (Phi) is 3.47. The van der Waals surface area contributed by atoms with E-state index in [1.54, 1.807) is 0 Å². The third-order valence-corrected chi connectivity index (χ3v) is 6.06. The summed E-state index contributed by atoms with van der Waals surface area (Å²) in [5, 5.41) is 9.84. The van der Waals surface area contributed by atoms with E-state index < -0.39 is 17.9 Å². The molecule has 0 radical (unpaired) electrons. The van der Waals surface area contributed by atoms with Gasteiger partial charge in [0.2, 0.25) is 11.8 Å². The first-order valence-electron chi connectivity index (χ1n) is 9.41. The average molecular weight is 369 g/mol. The second-order valence-electron chi connectivity index (χ2n) is 7.82. The summed E-state index contributed by atoms with van der Waals surface area (Å²) in [5.74, 6) is -1.69. The van der Waals surface area contributed by atoms with Gasteiger partial charge in [0, 0.05) is 6.20 Å². The molecule has 2 aromatic rings. The highest BCUT2D eigenvalue weighted by Gasteiger charge is 2.63. The van der Waals surface area contributed by atoms with Gasteiger partial charge in [0.15, 0.2) is 0 Å². The van der Waals surface area contributed by atoms with Gasteiger partial charge in [-0.05, 0) is 54.3 Å².